The Bertz CT molecular complexity index is 1260. The maximum absolute atomic E-state index is 13.4. The second-order valence-electron chi connectivity index (χ2n) is 7.52. The molecule has 2 atom stereocenters. The van der Waals surface area contributed by atoms with Gasteiger partial charge in [0.05, 0.1) is 23.0 Å². The van der Waals surface area contributed by atoms with E-state index in [1.165, 1.54) is 0 Å². The molecule has 148 valence electrons. The number of hydrogen-bond acceptors (Lipinski definition) is 4. The molecule has 1 N–H and O–H groups in total. The number of rotatable bonds is 1. The van der Waals surface area contributed by atoms with Crippen molar-refractivity contribution < 1.29 is 9.53 Å². The van der Waals surface area contributed by atoms with Crippen LogP contribution in [0.3, 0.4) is 0 Å². The van der Waals surface area contributed by atoms with E-state index >= 15 is 0 Å². The Labute approximate surface area is 186 Å². The number of hydrazone groups is 1. The third-order valence-electron chi connectivity index (χ3n) is 5.86. The van der Waals surface area contributed by atoms with Crippen molar-refractivity contribution >= 4 is 44.8 Å². The first kappa shape index (κ1) is 18.0. The van der Waals surface area contributed by atoms with E-state index < -0.39 is 5.72 Å². The Morgan fingerprint density at radius 2 is 1.93 bits per heavy atom. The first-order chi connectivity index (χ1) is 14.6. The van der Waals surface area contributed by atoms with E-state index in [4.69, 9.17) is 21.4 Å². The fourth-order valence-corrected chi connectivity index (χ4v) is 5.13. The molecule has 3 aromatic carbocycles. The van der Waals surface area contributed by atoms with Gasteiger partial charge >= 0.3 is 5.72 Å². The lowest BCUT2D eigenvalue weighted by molar-refractivity contribution is -0.161. The molecule has 0 radical (unpaired) electrons. The number of ether oxygens (including phenoxy) is 1. The van der Waals surface area contributed by atoms with Crippen molar-refractivity contribution in [3.05, 3.63) is 92.9 Å². The summed E-state index contributed by atoms with van der Waals surface area (Å²) in [6, 6.07) is 21.0. The van der Waals surface area contributed by atoms with Crippen LogP contribution in [0.2, 0.25) is 5.02 Å². The van der Waals surface area contributed by atoms with Crippen molar-refractivity contribution in [2.24, 2.45) is 5.10 Å². The van der Waals surface area contributed by atoms with Crippen LogP contribution < -0.4 is 10.1 Å². The topological polar surface area (TPSA) is 53.9 Å². The number of anilines is 1. The molecule has 3 aromatic rings. The van der Waals surface area contributed by atoms with Gasteiger partial charge in [-0.15, -0.1) is 0 Å². The zero-order chi connectivity index (χ0) is 20.5. The van der Waals surface area contributed by atoms with Gasteiger partial charge in [-0.3, -0.25) is 4.79 Å². The predicted octanol–water partition coefficient (Wildman–Crippen LogP) is 5.45. The number of hydrogen-bond donors (Lipinski definition) is 1. The highest BCUT2D eigenvalue weighted by atomic mass is 79.9. The molecule has 3 heterocycles. The van der Waals surface area contributed by atoms with Gasteiger partial charge < -0.3 is 10.1 Å². The van der Waals surface area contributed by atoms with Gasteiger partial charge in [-0.1, -0.05) is 63.9 Å². The van der Waals surface area contributed by atoms with Crippen molar-refractivity contribution in [3.63, 3.8) is 0 Å². The molecule has 1 amide bonds. The number of amides is 1. The van der Waals surface area contributed by atoms with Gasteiger partial charge in [0.2, 0.25) is 0 Å². The molecule has 5 nitrogen and oxygen atoms in total. The number of fused-ring (bicyclic) bond motifs is 6. The number of benzene rings is 3. The van der Waals surface area contributed by atoms with Crippen molar-refractivity contribution in [1.82, 2.24) is 5.01 Å². The molecule has 0 fully saturated rings. The molecule has 0 aliphatic carbocycles. The largest absolute Gasteiger partial charge is 0.453 e. The van der Waals surface area contributed by atoms with Crippen molar-refractivity contribution in [2.45, 2.75) is 18.2 Å². The minimum atomic E-state index is -1.37. The molecule has 0 saturated carbocycles. The van der Waals surface area contributed by atoms with Crippen LogP contribution in [0.4, 0.5) is 5.69 Å². The van der Waals surface area contributed by atoms with Crippen molar-refractivity contribution in [2.75, 3.05) is 5.32 Å². The summed E-state index contributed by atoms with van der Waals surface area (Å²) in [6.07, 6.45) is 0.627. The van der Waals surface area contributed by atoms with E-state index in [9.17, 15) is 4.79 Å². The highest BCUT2D eigenvalue weighted by Gasteiger charge is 2.60. The Kier molecular flexibility index (Phi) is 3.80. The molecule has 0 saturated heterocycles. The van der Waals surface area contributed by atoms with Crippen LogP contribution in [0.25, 0.3) is 0 Å². The molecular formula is C23H15BrClN3O2. The van der Waals surface area contributed by atoms with E-state index in [0.717, 1.165) is 32.6 Å². The second kappa shape index (κ2) is 6.33. The van der Waals surface area contributed by atoms with Crippen LogP contribution in [0.5, 0.6) is 5.75 Å². The molecule has 3 aliphatic heterocycles. The zero-order valence-corrected chi connectivity index (χ0v) is 17.9. The molecular weight excluding hydrogens is 466 g/mol. The van der Waals surface area contributed by atoms with Gasteiger partial charge in [-0.25, -0.2) is 5.01 Å². The Balaban J connectivity index is 1.60. The molecule has 0 bridgehead atoms. The molecule has 6 rings (SSSR count). The predicted molar refractivity (Wildman–Crippen MR) is 119 cm³/mol. The summed E-state index contributed by atoms with van der Waals surface area (Å²) in [6.45, 7) is 0. The summed E-state index contributed by atoms with van der Waals surface area (Å²) >= 11 is 10.00. The third-order valence-corrected chi connectivity index (χ3v) is 6.68. The number of carbonyl (C=O) groups is 1. The summed E-state index contributed by atoms with van der Waals surface area (Å²) in [5, 5.41) is 10.3. The minimum absolute atomic E-state index is 0.142. The molecule has 7 heteroatoms. The van der Waals surface area contributed by atoms with Gasteiger partial charge in [0.15, 0.2) is 0 Å². The highest BCUT2D eigenvalue weighted by molar-refractivity contribution is 9.10. The van der Waals surface area contributed by atoms with Crippen LogP contribution in [0.15, 0.2) is 76.3 Å². The van der Waals surface area contributed by atoms with Gasteiger partial charge in [-0.2, -0.15) is 5.10 Å². The van der Waals surface area contributed by atoms with Gasteiger partial charge in [0.25, 0.3) is 5.91 Å². The molecule has 30 heavy (non-hydrogen) atoms. The summed E-state index contributed by atoms with van der Waals surface area (Å²) in [5.74, 6) is 0.441. The SMILES string of the molecule is O=C1Nc2ccc(Br)cc2[C@]12Oc1ccccc1[C@@H]1CC(c3ccccc3Cl)=NN12. The summed E-state index contributed by atoms with van der Waals surface area (Å²) in [5.41, 5.74) is 2.80. The number of nitrogens with one attached hydrogen (secondary N) is 1. The summed E-state index contributed by atoms with van der Waals surface area (Å²) in [4.78, 5) is 13.4. The summed E-state index contributed by atoms with van der Waals surface area (Å²) < 4.78 is 7.32. The van der Waals surface area contributed by atoms with E-state index in [1.807, 2.05) is 71.7 Å². The first-order valence-corrected chi connectivity index (χ1v) is 10.8. The monoisotopic (exact) mass is 479 g/mol. The van der Waals surface area contributed by atoms with Crippen LogP contribution in [0, 0.1) is 0 Å². The number of carbonyl (C=O) groups excluding carboxylic acids is 1. The number of halogens is 2. The Morgan fingerprint density at radius 1 is 1.13 bits per heavy atom. The van der Waals surface area contributed by atoms with Crippen LogP contribution in [-0.2, 0) is 10.5 Å². The highest BCUT2D eigenvalue weighted by Crippen LogP contribution is 2.54. The maximum atomic E-state index is 13.4. The standard InChI is InChI=1S/C23H15BrClN3O2/c24-13-9-10-18-16(11-13)23(22(29)26-18)28-20(15-6-2-4-8-21(15)30-23)12-19(27-28)14-5-1-3-7-17(14)25/h1-11,20H,12H2,(H,26,29)/t20-,23-/m0/s1. The lowest BCUT2D eigenvalue weighted by Gasteiger charge is -2.44. The number of nitrogens with zero attached hydrogens (tertiary/aromatic N) is 2. The lowest BCUT2D eigenvalue weighted by Crippen LogP contribution is -2.55. The van der Waals surface area contributed by atoms with Crippen LogP contribution >= 0.6 is 27.5 Å². The van der Waals surface area contributed by atoms with Gasteiger partial charge in [0, 0.05) is 27.0 Å². The quantitative estimate of drug-likeness (QED) is 0.504. The average molecular weight is 481 g/mol. The smallest absolute Gasteiger partial charge is 0.306 e. The third kappa shape index (κ3) is 2.35. The van der Waals surface area contributed by atoms with E-state index in [1.54, 1.807) is 0 Å². The fourth-order valence-electron chi connectivity index (χ4n) is 4.52. The zero-order valence-electron chi connectivity index (χ0n) is 15.6. The summed E-state index contributed by atoms with van der Waals surface area (Å²) in [7, 11) is 0. The average Bonchev–Trinajstić information content (AvgIpc) is 3.30. The molecule has 3 aliphatic rings. The number of para-hydroxylation sites is 1. The van der Waals surface area contributed by atoms with Gasteiger partial charge in [0.1, 0.15) is 5.75 Å². The fraction of sp³-hybridized carbons (Fsp3) is 0.130. The molecule has 0 unspecified atom stereocenters. The van der Waals surface area contributed by atoms with E-state index in [2.05, 4.69) is 21.2 Å². The van der Waals surface area contributed by atoms with E-state index in [0.29, 0.717) is 17.2 Å². The Hall–Kier alpha value is -2.83. The first-order valence-electron chi connectivity index (χ1n) is 9.59. The second-order valence-corrected chi connectivity index (χ2v) is 8.84. The van der Waals surface area contributed by atoms with Crippen molar-refractivity contribution in [1.29, 1.82) is 0 Å². The molecule has 0 aromatic heterocycles. The van der Waals surface area contributed by atoms with E-state index in [-0.39, 0.29) is 11.9 Å². The maximum Gasteiger partial charge on any atom is 0.306 e. The van der Waals surface area contributed by atoms with Crippen LogP contribution in [0.1, 0.15) is 29.2 Å². The van der Waals surface area contributed by atoms with Crippen LogP contribution in [-0.4, -0.2) is 16.6 Å². The van der Waals surface area contributed by atoms with Crippen molar-refractivity contribution in [3.8, 4) is 5.75 Å². The normalized spacial score (nSPS) is 23.4. The minimum Gasteiger partial charge on any atom is -0.453 e. The lowest BCUT2D eigenvalue weighted by atomic mass is 9.92. The van der Waals surface area contributed by atoms with Gasteiger partial charge in [-0.05, 0) is 30.3 Å². The molecule has 1 spiro atoms. The Morgan fingerprint density at radius 3 is 2.80 bits per heavy atom.